The molecule has 1 fully saturated rings. The summed E-state index contributed by atoms with van der Waals surface area (Å²) in [7, 11) is 0. The lowest BCUT2D eigenvalue weighted by atomic mass is 9.99. The van der Waals surface area contributed by atoms with Crippen LogP contribution >= 0.6 is 11.6 Å². The van der Waals surface area contributed by atoms with Crippen LogP contribution in [0.1, 0.15) is 18.0 Å². The lowest BCUT2D eigenvalue weighted by Gasteiger charge is -2.32. The second kappa shape index (κ2) is 8.09. The minimum atomic E-state index is -0.830. The van der Waals surface area contributed by atoms with E-state index in [4.69, 9.17) is 16.3 Å². The van der Waals surface area contributed by atoms with E-state index in [1.165, 1.54) is 0 Å². The molecule has 2 heterocycles. The summed E-state index contributed by atoms with van der Waals surface area (Å²) in [5.74, 6) is -0.566. The van der Waals surface area contributed by atoms with Gasteiger partial charge in [0.15, 0.2) is 6.10 Å². The van der Waals surface area contributed by atoms with Gasteiger partial charge in [0.25, 0.3) is 5.91 Å². The number of hydrogen-bond acceptors (Lipinski definition) is 5. The van der Waals surface area contributed by atoms with Gasteiger partial charge >= 0.3 is 0 Å². The first-order chi connectivity index (χ1) is 12.1. The van der Waals surface area contributed by atoms with Gasteiger partial charge in [-0.3, -0.25) is 14.3 Å². The zero-order chi connectivity index (χ0) is 17.6. The van der Waals surface area contributed by atoms with Crippen LogP contribution in [-0.4, -0.2) is 46.1 Å². The average Bonchev–Trinajstić information content (AvgIpc) is 3.12. The van der Waals surface area contributed by atoms with Gasteiger partial charge in [-0.1, -0.05) is 35.0 Å². The van der Waals surface area contributed by atoms with Gasteiger partial charge in [-0.25, -0.2) is 0 Å². The van der Waals surface area contributed by atoms with E-state index in [2.05, 4.69) is 20.9 Å². The third-order valence-corrected chi connectivity index (χ3v) is 4.19. The standard InChI is InChI=1S/C16H18ClN5O3/c17-12-5-2-1-4-11(12)14-15(25-10-13(23)20-14)16(24)18-6-3-8-22-9-7-19-21-22/h1-2,4-5,7,9,14-15H,3,6,8,10H2,(H,18,24)(H,20,23)/t14-,15+/m1/s1. The molecule has 2 atom stereocenters. The molecular weight excluding hydrogens is 346 g/mol. The molecule has 8 nitrogen and oxygen atoms in total. The monoisotopic (exact) mass is 363 g/mol. The molecule has 0 unspecified atom stereocenters. The highest BCUT2D eigenvalue weighted by molar-refractivity contribution is 6.31. The predicted molar refractivity (Wildman–Crippen MR) is 89.7 cm³/mol. The Balaban J connectivity index is 1.60. The van der Waals surface area contributed by atoms with Crippen LogP contribution < -0.4 is 10.6 Å². The number of morpholine rings is 1. The second-order valence-electron chi connectivity index (χ2n) is 5.61. The fourth-order valence-electron chi connectivity index (χ4n) is 2.65. The molecule has 2 aromatic rings. The smallest absolute Gasteiger partial charge is 0.251 e. The van der Waals surface area contributed by atoms with E-state index in [1.807, 2.05) is 0 Å². The highest BCUT2D eigenvalue weighted by Gasteiger charge is 2.36. The van der Waals surface area contributed by atoms with Gasteiger partial charge in [0.05, 0.1) is 12.2 Å². The quantitative estimate of drug-likeness (QED) is 0.736. The fourth-order valence-corrected chi connectivity index (χ4v) is 2.91. The molecule has 9 heteroatoms. The van der Waals surface area contributed by atoms with E-state index in [-0.39, 0.29) is 18.4 Å². The normalized spacial score (nSPS) is 20.1. The summed E-state index contributed by atoms with van der Waals surface area (Å²) >= 11 is 6.20. The molecule has 0 spiro atoms. The van der Waals surface area contributed by atoms with Gasteiger partial charge in [0.1, 0.15) is 6.61 Å². The number of rotatable bonds is 6. The molecule has 1 saturated heterocycles. The molecule has 1 aliphatic rings. The molecule has 25 heavy (non-hydrogen) atoms. The SMILES string of the molecule is O=C1CO[C@H](C(=O)NCCCn2ccnn2)[C@@H](c2ccccc2Cl)N1. The highest BCUT2D eigenvalue weighted by atomic mass is 35.5. The molecule has 1 aliphatic heterocycles. The van der Waals surface area contributed by atoms with Crippen LogP contribution in [0.25, 0.3) is 0 Å². The fraction of sp³-hybridized carbons (Fsp3) is 0.375. The number of ether oxygens (including phenoxy) is 1. The third-order valence-electron chi connectivity index (χ3n) is 3.85. The van der Waals surface area contributed by atoms with Crippen molar-refractivity contribution in [1.82, 2.24) is 25.6 Å². The van der Waals surface area contributed by atoms with Crippen molar-refractivity contribution in [2.75, 3.05) is 13.2 Å². The van der Waals surface area contributed by atoms with Crippen molar-refractivity contribution in [3.05, 3.63) is 47.2 Å². The molecule has 1 aromatic heterocycles. The summed E-state index contributed by atoms with van der Waals surface area (Å²) in [4.78, 5) is 24.2. The molecule has 132 valence electrons. The van der Waals surface area contributed by atoms with Crippen LogP contribution in [0.15, 0.2) is 36.7 Å². The van der Waals surface area contributed by atoms with E-state index in [0.717, 1.165) is 0 Å². The van der Waals surface area contributed by atoms with E-state index in [9.17, 15) is 9.59 Å². The van der Waals surface area contributed by atoms with Crippen LogP contribution in [-0.2, 0) is 20.9 Å². The minimum absolute atomic E-state index is 0.155. The first-order valence-electron chi connectivity index (χ1n) is 7.92. The van der Waals surface area contributed by atoms with Gasteiger partial charge in [-0.05, 0) is 18.1 Å². The summed E-state index contributed by atoms with van der Waals surface area (Å²) in [5.41, 5.74) is 0.653. The zero-order valence-corrected chi connectivity index (χ0v) is 14.1. The Morgan fingerprint density at radius 3 is 3.04 bits per heavy atom. The number of hydrogen-bond donors (Lipinski definition) is 2. The Morgan fingerprint density at radius 2 is 2.28 bits per heavy atom. The third kappa shape index (κ3) is 4.34. The molecule has 2 N–H and O–H groups in total. The number of amides is 2. The second-order valence-corrected chi connectivity index (χ2v) is 6.02. The summed E-state index contributed by atoms with van der Waals surface area (Å²) in [6.07, 6.45) is 3.23. The first-order valence-corrected chi connectivity index (χ1v) is 8.30. The number of carbonyl (C=O) groups excluding carboxylic acids is 2. The zero-order valence-electron chi connectivity index (χ0n) is 13.4. The van der Waals surface area contributed by atoms with Gasteiger partial charge < -0.3 is 15.4 Å². The Morgan fingerprint density at radius 1 is 1.44 bits per heavy atom. The van der Waals surface area contributed by atoms with Crippen LogP contribution in [0.4, 0.5) is 0 Å². The highest BCUT2D eigenvalue weighted by Crippen LogP contribution is 2.28. The summed E-state index contributed by atoms with van der Waals surface area (Å²) in [5, 5.41) is 13.7. The minimum Gasteiger partial charge on any atom is -0.356 e. The number of nitrogens with one attached hydrogen (secondary N) is 2. The number of carbonyl (C=O) groups is 2. The summed E-state index contributed by atoms with van der Waals surface area (Å²) in [6, 6.07) is 6.45. The van der Waals surface area contributed by atoms with Crippen molar-refractivity contribution in [2.45, 2.75) is 25.1 Å². The van der Waals surface area contributed by atoms with Crippen molar-refractivity contribution in [3.8, 4) is 0 Å². The van der Waals surface area contributed by atoms with Crippen molar-refractivity contribution in [3.63, 3.8) is 0 Å². The molecule has 0 radical (unpaired) electrons. The van der Waals surface area contributed by atoms with E-state index in [1.54, 1.807) is 41.3 Å². The molecule has 0 saturated carbocycles. The number of nitrogens with zero attached hydrogens (tertiary/aromatic N) is 3. The van der Waals surface area contributed by atoms with Crippen LogP contribution in [0, 0.1) is 0 Å². The van der Waals surface area contributed by atoms with Crippen molar-refractivity contribution < 1.29 is 14.3 Å². The average molecular weight is 364 g/mol. The molecule has 1 aromatic carbocycles. The van der Waals surface area contributed by atoms with E-state index >= 15 is 0 Å². The predicted octanol–water partition coefficient (Wildman–Crippen LogP) is 0.694. The first kappa shape index (κ1) is 17.4. The topological polar surface area (TPSA) is 98.1 Å². The van der Waals surface area contributed by atoms with Crippen LogP contribution in [0.2, 0.25) is 5.02 Å². The van der Waals surface area contributed by atoms with E-state index < -0.39 is 12.1 Å². The molecule has 3 rings (SSSR count). The van der Waals surface area contributed by atoms with Gasteiger partial charge in [0, 0.05) is 24.3 Å². The van der Waals surface area contributed by atoms with Gasteiger partial charge in [-0.15, -0.1) is 5.10 Å². The Bertz CT molecular complexity index is 737. The number of halogens is 1. The Kier molecular flexibility index (Phi) is 5.62. The lowest BCUT2D eigenvalue weighted by Crippen LogP contribution is -2.52. The van der Waals surface area contributed by atoms with Gasteiger partial charge in [0.2, 0.25) is 5.91 Å². The summed E-state index contributed by atoms with van der Waals surface area (Å²) in [6.45, 7) is 0.955. The van der Waals surface area contributed by atoms with Crippen molar-refractivity contribution in [1.29, 1.82) is 0 Å². The maximum Gasteiger partial charge on any atom is 0.251 e. The maximum atomic E-state index is 12.5. The number of benzene rings is 1. The molecule has 2 amide bonds. The Hall–Kier alpha value is -2.45. The van der Waals surface area contributed by atoms with Crippen molar-refractivity contribution in [2.24, 2.45) is 0 Å². The molecule has 0 aliphatic carbocycles. The van der Waals surface area contributed by atoms with Gasteiger partial charge in [-0.2, -0.15) is 0 Å². The van der Waals surface area contributed by atoms with E-state index in [0.29, 0.717) is 30.1 Å². The Labute approximate surface area is 149 Å². The molecular formula is C16H18ClN5O3. The van der Waals surface area contributed by atoms with Crippen LogP contribution in [0.3, 0.4) is 0 Å². The number of aromatic nitrogens is 3. The maximum absolute atomic E-state index is 12.5. The lowest BCUT2D eigenvalue weighted by molar-refractivity contribution is -0.148. The molecule has 0 bridgehead atoms. The largest absolute Gasteiger partial charge is 0.356 e. The van der Waals surface area contributed by atoms with Crippen LogP contribution in [0.5, 0.6) is 0 Å². The van der Waals surface area contributed by atoms with Crippen molar-refractivity contribution >= 4 is 23.4 Å². The summed E-state index contributed by atoms with van der Waals surface area (Å²) < 4.78 is 7.16. The number of aryl methyl sites for hydroxylation is 1.